The Hall–Kier alpha value is -0.380. The van der Waals surface area contributed by atoms with Crippen molar-refractivity contribution in [3.63, 3.8) is 0 Å². The second-order valence-electron chi connectivity index (χ2n) is 13.2. The SMILES string of the molecule is CC1=C2C[C@@H](O)CC[C@]2(C)[C@H]2CC[C@]3(C)[C@@H]4[C@H](C[C@H]3[C@@H]2C1)O[C@]1(CC[C@@H](C)CO1)[C@H]4C. The van der Waals surface area contributed by atoms with Crippen molar-refractivity contribution in [1.82, 2.24) is 0 Å². The summed E-state index contributed by atoms with van der Waals surface area (Å²) in [4.78, 5) is 0. The van der Waals surface area contributed by atoms with Gasteiger partial charge in [0.1, 0.15) is 0 Å². The fourth-order valence-corrected chi connectivity index (χ4v) is 10.1. The van der Waals surface area contributed by atoms with Crippen molar-refractivity contribution in [3.05, 3.63) is 11.1 Å². The molecule has 0 aromatic carbocycles. The van der Waals surface area contributed by atoms with E-state index in [1.165, 1.54) is 38.5 Å². The molecule has 0 aromatic heterocycles. The molecule has 2 aliphatic heterocycles. The summed E-state index contributed by atoms with van der Waals surface area (Å²) in [5.74, 6) is 3.91. The van der Waals surface area contributed by atoms with Crippen LogP contribution in [0.15, 0.2) is 11.1 Å². The van der Waals surface area contributed by atoms with Crippen molar-refractivity contribution >= 4 is 0 Å². The molecule has 0 radical (unpaired) electrons. The molecular formula is C28H44O3. The molecule has 3 saturated carbocycles. The molecule has 2 heterocycles. The van der Waals surface area contributed by atoms with Gasteiger partial charge in [-0.2, -0.15) is 0 Å². The number of fused-ring (bicyclic) bond motifs is 7. The van der Waals surface area contributed by atoms with Gasteiger partial charge in [0.15, 0.2) is 5.79 Å². The van der Waals surface area contributed by atoms with Gasteiger partial charge in [0.25, 0.3) is 0 Å². The van der Waals surface area contributed by atoms with E-state index in [-0.39, 0.29) is 11.9 Å². The first-order chi connectivity index (χ1) is 14.7. The van der Waals surface area contributed by atoms with E-state index in [0.717, 1.165) is 43.6 Å². The molecule has 0 unspecified atom stereocenters. The van der Waals surface area contributed by atoms with Crippen molar-refractivity contribution in [3.8, 4) is 0 Å². The summed E-state index contributed by atoms with van der Waals surface area (Å²) in [6.45, 7) is 13.2. The Bertz CT molecular complexity index is 779. The minimum Gasteiger partial charge on any atom is -0.393 e. The first-order valence-corrected chi connectivity index (χ1v) is 13.4. The Kier molecular flexibility index (Phi) is 4.66. The van der Waals surface area contributed by atoms with E-state index in [2.05, 4.69) is 34.6 Å². The molecule has 3 nitrogen and oxygen atoms in total. The van der Waals surface area contributed by atoms with E-state index in [4.69, 9.17) is 9.47 Å². The molecule has 1 spiro atoms. The first kappa shape index (κ1) is 21.2. The number of rotatable bonds is 0. The number of hydrogen-bond acceptors (Lipinski definition) is 3. The van der Waals surface area contributed by atoms with Gasteiger partial charge in [-0.25, -0.2) is 0 Å². The number of ether oxygens (including phenoxy) is 2. The maximum atomic E-state index is 10.4. The number of aliphatic hydroxyl groups excluding tert-OH is 1. The van der Waals surface area contributed by atoms with E-state index in [1.54, 1.807) is 11.1 Å². The van der Waals surface area contributed by atoms with E-state index in [0.29, 0.717) is 34.7 Å². The summed E-state index contributed by atoms with van der Waals surface area (Å²) in [6.07, 6.45) is 10.9. The van der Waals surface area contributed by atoms with Gasteiger partial charge in [-0.1, -0.05) is 38.8 Å². The zero-order chi connectivity index (χ0) is 21.8. The summed E-state index contributed by atoms with van der Waals surface area (Å²) in [5, 5.41) is 10.4. The summed E-state index contributed by atoms with van der Waals surface area (Å²) in [6, 6.07) is 0. The van der Waals surface area contributed by atoms with Gasteiger partial charge in [0.05, 0.1) is 18.8 Å². The van der Waals surface area contributed by atoms with Crippen molar-refractivity contribution < 1.29 is 14.6 Å². The summed E-state index contributed by atoms with van der Waals surface area (Å²) in [7, 11) is 0. The lowest BCUT2D eigenvalue weighted by Gasteiger charge is -2.59. The van der Waals surface area contributed by atoms with Crippen molar-refractivity contribution in [2.24, 2.45) is 46.3 Å². The highest BCUT2D eigenvalue weighted by atomic mass is 16.7. The van der Waals surface area contributed by atoms with Gasteiger partial charge < -0.3 is 14.6 Å². The van der Waals surface area contributed by atoms with Gasteiger partial charge >= 0.3 is 0 Å². The second-order valence-corrected chi connectivity index (χ2v) is 13.2. The van der Waals surface area contributed by atoms with Gasteiger partial charge in [-0.3, -0.25) is 0 Å². The third-order valence-electron chi connectivity index (χ3n) is 11.7. The van der Waals surface area contributed by atoms with Crippen molar-refractivity contribution in [2.45, 2.75) is 110 Å². The maximum Gasteiger partial charge on any atom is 0.171 e. The zero-order valence-corrected chi connectivity index (χ0v) is 20.5. The topological polar surface area (TPSA) is 38.7 Å². The van der Waals surface area contributed by atoms with Crippen LogP contribution in [0.2, 0.25) is 0 Å². The molecule has 2 saturated heterocycles. The molecule has 3 heteroatoms. The lowest BCUT2D eigenvalue weighted by Crippen LogP contribution is -2.53. The van der Waals surface area contributed by atoms with Crippen LogP contribution in [0.25, 0.3) is 0 Å². The summed E-state index contributed by atoms with van der Waals surface area (Å²) < 4.78 is 13.4. The van der Waals surface area contributed by atoms with E-state index >= 15 is 0 Å². The molecule has 31 heavy (non-hydrogen) atoms. The minimum absolute atomic E-state index is 0.113. The number of aliphatic hydroxyl groups is 1. The van der Waals surface area contributed by atoms with Crippen LogP contribution >= 0.6 is 0 Å². The lowest BCUT2D eigenvalue weighted by molar-refractivity contribution is -0.272. The standard InChI is InChI=1S/C28H44O3/c1-16-6-11-28(30-15-16)18(3)25-24(31-28)14-23-20-12-17(2)22-13-19(29)7-9-26(22,4)21(20)8-10-27(23,25)5/h16,18-21,23-25,29H,6-15H2,1-5H3/t16-,18+,19+,20-,21+,23+,24+,25+,26-,27+,28-/m1/s1. The van der Waals surface area contributed by atoms with Crippen LogP contribution in [-0.2, 0) is 9.47 Å². The number of allylic oxidation sites excluding steroid dienone is 1. The highest BCUT2D eigenvalue weighted by Crippen LogP contribution is 2.71. The van der Waals surface area contributed by atoms with Crippen LogP contribution in [0, 0.1) is 46.3 Å². The molecule has 6 aliphatic rings. The van der Waals surface area contributed by atoms with Gasteiger partial charge in [0.2, 0.25) is 0 Å². The molecule has 6 rings (SSSR count). The first-order valence-electron chi connectivity index (χ1n) is 13.4. The third kappa shape index (κ3) is 2.75. The Morgan fingerprint density at radius 3 is 2.52 bits per heavy atom. The predicted molar refractivity (Wildman–Crippen MR) is 122 cm³/mol. The molecule has 1 N–H and O–H groups in total. The normalized spacial score (nSPS) is 58.6. The van der Waals surface area contributed by atoms with Crippen LogP contribution in [-0.4, -0.2) is 29.7 Å². The molecule has 5 fully saturated rings. The Morgan fingerprint density at radius 2 is 1.77 bits per heavy atom. The molecule has 4 aliphatic carbocycles. The minimum atomic E-state index is -0.298. The highest BCUT2D eigenvalue weighted by Gasteiger charge is 2.68. The van der Waals surface area contributed by atoms with Crippen molar-refractivity contribution in [1.29, 1.82) is 0 Å². The molecule has 0 amide bonds. The Balaban J connectivity index is 1.30. The second kappa shape index (κ2) is 6.83. The quantitative estimate of drug-likeness (QED) is 0.474. The lowest BCUT2D eigenvalue weighted by atomic mass is 9.46. The van der Waals surface area contributed by atoms with Gasteiger partial charge in [-0.15, -0.1) is 0 Å². The molecule has 11 atom stereocenters. The van der Waals surface area contributed by atoms with Crippen LogP contribution < -0.4 is 0 Å². The van der Waals surface area contributed by atoms with Crippen molar-refractivity contribution in [2.75, 3.05) is 6.61 Å². The summed E-state index contributed by atoms with van der Waals surface area (Å²) in [5.41, 5.74) is 3.95. The Labute approximate surface area is 189 Å². The van der Waals surface area contributed by atoms with Crippen LogP contribution in [0.5, 0.6) is 0 Å². The molecule has 174 valence electrons. The molecule has 0 aromatic rings. The van der Waals surface area contributed by atoms with E-state index < -0.39 is 0 Å². The fraction of sp³-hybridized carbons (Fsp3) is 0.929. The van der Waals surface area contributed by atoms with Crippen LogP contribution in [0.3, 0.4) is 0 Å². The van der Waals surface area contributed by atoms with Gasteiger partial charge in [0, 0.05) is 12.3 Å². The zero-order valence-electron chi connectivity index (χ0n) is 20.5. The summed E-state index contributed by atoms with van der Waals surface area (Å²) >= 11 is 0. The average Bonchev–Trinajstić information content (AvgIpc) is 3.17. The van der Waals surface area contributed by atoms with E-state index in [1.807, 2.05) is 0 Å². The fourth-order valence-electron chi connectivity index (χ4n) is 10.1. The predicted octanol–water partition coefficient (Wildman–Crippen LogP) is 6.10. The smallest absolute Gasteiger partial charge is 0.171 e. The van der Waals surface area contributed by atoms with Gasteiger partial charge in [-0.05, 0) is 98.7 Å². The number of hydrogen-bond donors (Lipinski definition) is 1. The monoisotopic (exact) mass is 428 g/mol. The van der Waals surface area contributed by atoms with Crippen LogP contribution in [0.4, 0.5) is 0 Å². The Morgan fingerprint density at radius 1 is 0.968 bits per heavy atom. The molecule has 0 bridgehead atoms. The van der Waals surface area contributed by atoms with E-state index in [9.17, 15) is 5.11 Å². The highest BCUT2D eigenvalue weighted by molar-refractivity contribution is 5.31. The average molecular weight is 429 g/mol. The maximum absolute atomic E-state index is 10.4. The molecular weight excluding hydrogens is 384 g/mol. The largest absolute Gasteiger partial charge is 0.393 e. The third-order valence-corrected chi connectivity index (χ3v) is 11.7. The van der Waals surface area contributed by atoms with Crippen LogP contribution in [0.1, 0.15) is 92.4 Å².